The Morgan fingerprint density at radius 3 is 3.06 bits per heavy atom. The molecule has 0 unspecified atom stereocenters. The molecule has 17 heavy (non-hydrogen) atoms. The average Bonchev–Trinajstić information content (AvgIpc) is 2.76. The van der Waals surface area contributed by atoms with Crippen molar-refractivity contribution in [2.45, 2.75) is 38.6 Å². The SMILES string of the molecule is CC(=O)N1CCC[C@@H]1CCc1ccc(Cl)nc1. The van der Waals surface area contributed by atoms with E-state index in [1.54, 1.807) is 6.92 Å². The average molecular weight is 253 g/mol. The quantitative estimate of drug-likeness (QED) is 0.775. The van der Waals surface area contributed by atoms with E-state index < -0.39 is 0 Å². The molecule has 1 amide bonds. The number of carbonyl (C=O) groups excluding carboxylic acids is 1. The van der Waals surface area contributed by atoms with Gasteiger partial charge >= 0.3 is 0 Å². The Hall–Kier alpha value is -1.09. The highest BCUT2D eigenvalue weighted by atomic mass is 35.5. The fraction of sp³-hybridized carbons (Fsp3) is 0.538. The van der Waals surface area contributed by atoms with Crippen LogP contribution in [0.2, 0.25) is 5.15 Å². The molecule has 1 aromatic heterocycles. The standard InChI is InChI=1S/C13H17ClN2O/c1-10(17)16-8-2-3-12(16)6-4-11-5-7-13(14)15-9-11/h5,7,9,12H,2-4,6,8H2,1H3/t12-/m1/s1. The second kappa shape index (κ2) is 5.50. The van der Waals surface area contributed by atoms with Crippen LogP contribution in [0, 0.1) is 0 Å². The lowest BCUT2D eigenvalue weighted by Crippen LogP contribution is -2.33. The Balaban J connectivity index is 1.89. The molecule has 1 saturated heterocycles. The first kappa shape index (κ1) is 12.4. The van der Waals surface area contributed by atoms with Gasteiger partial charge in [0.2, 0.25) is 5.91 Å². The summed E-state index contributed by atoms with van der Waals surface area (Å²) in [5.74, 6) is 0.196. The molecule has 0 radical (unpaired) electrons. The summed E-state index contributed by atoms with van der Waals surface area (Å²) < 4.78 is 0. The van der Waals surface area contributed by atoms with Crippen molar-refractivity contribution in [3.63, 3.8) is 0 Å². The van der Waals surface area contributed by atoms with E-state index >= 15 is 0 Å². The van der Waals surface area contributed by atoms with Gasteiger partial charge < -0.3 is 4.90 Å². The minimum absolute atomic E-state index is 0.196. The minimum Gasteiger partial charge on any atom is -0.340 e. The molecule has 3 nitrogen and oxygen atoms in total. The second-order valence-electron chi connectivity index (χ2n) is 4.54. The number of aryl methyl sites for hydroxylation is 1. The van der Waals surface area contributed by atoms with Crippen molar-refractivity contribution in [2.24, 2.45) is 0 Å². The molecule has 1 atom stereocenters. The molecule has 0 spiro atoms. The Bertz CT molecular complexity index is 391. The Morgan fingerprint density at radius 2 is 2.41 bits per heavy atom. The molecule has 1 aromatic rings. The monoisotopic (exact) mass is 252 g/mol. The summed E-state index contributed by atoms with van der Waals surface area (Å²) >= 11 is 5.74. The third-order valence-electron chi connectivity index (χ3n) is 3.34. The number of carbonyl (C=O) groups is 1. The molecule has 1 aliphatic heterocycles. The highest BCUT2D eigenvalue weighted by Crippen LogP contribution is 2.21. The topological polar surface area (TPSA) is 33.2 Å². The second-order valence-corrected chi connectivity index (χ2v) is 4.92. The zero-order chi connectivity index (χ0) is 12.3. The lowest BCUT2D eigenvalue weighted by molar-refractivity contribution is -0.129. The van der Waals surface area contributed by atoms with Crippen molar-refractivity contribution in [3.05, 3.63) is 29.0 Å². The van der Waals surface area contributed by atoms with Gasteiger partial charge in [-0.1, -0.05) is 17.7 Å². The number of hydrogen-bond acceptors (Lipinski definition) is 2. The minimum atomic E-state index is 0.196. The maximum Gasteiger partial charge on any atom is 0.219 e. The smallest absolute Gasteiger partial charge is 0.219 e. The van der Waals surface area contributed by atoms with Crippen molar-refractivity contribution < 1.29 is 4.79 Å². The fourth-order valence-electron chi connectivity index (χ4n) is 2.44. The van der Waals surface area contributed by atoms with E-state index in [0.29, 0.717) is 11.2 Å². The van der Waals surface area contributed by atoms with Gasteiger partial charge in [-0.3, -0.25) is 4.79 Å². The van der Waals surface area contributed by atoms with Crippen LogP contribution in [0.1, 0.15) is 31.7 Å². The molecule has 0 aromatic carbocycles. The summed E-state index contributed by atoms with van der Waals surface area (Å²) in [4.78, 5) is 17.5. The predicted molar refractivity (Wildman–Crippen MR) is 68.0 cm³/mol. The number of rotatable bonds is 3. The number of amides is 1. The van der Waals surface area contributed by atoms with Crippen molar-refractivity contribution in [1.29, 1.82) is 0 Å². The maximum atomic E-state index is 11.4. The summed E-state index contributed by atoms with van der Waals surface area (Å²) in [6.07, 6.45) is 6.04. The number of hydrogen-bond donors (Lipinski definition) is 0. The molecule has 0 saturated carbocycles. The van der Waals surface area contributed by atoms with Crippen LogP contribution >= 0.6 is 11.6 Å². The zero-order valence-electron chi connectivity index (χ0n) is 10.0. The first-order valence-corrected chi connectivity index (χ1v) is 6.42. The first-order chi connectivity index (χ1) is 8.16. The molecular formula is C13H17ClN2O. The van der Waals surface area contributed by atoms with Crippen molar-refractivity contribution in [1.82, 2.24) is 9.88 Å². The molecule has 2 heterocycles. The molecule has 2 rings (SSSR count). The van der Waals surface area contributed by atoms with E-state index in [2.05, 4.69) is 4.98 Å². The molecule has 0 N–H and O–H groups in total. The van der Waals surface area contributed by atoms with Gasteiger partial charge in [0.1, 0.15) is 5.15 Å². The lowest BCUT2D eigenvalue weighted by atomic mass is 10.0. The number of halogens is 1. The summed E-state index contributed by atoms with van der Waals surface area (Å²) in [5.41, 5.74) is 1.19. The molecule has 4 heteroatoms. The Kier molecular flexibility index (Phi) is 4.00. The van der Waals surface area contributed by atoms with Gasteiger partial charge in [-0.2, -0.15) is 0 Å². The predicted octanol–water partition coefficient (Wildman–Crippen LogP) is 2.68. The zero-order valence-corrected chi connectivity index (χ0v) is 10.8. The largest absolute Gasteiger partial charge is 0.340 e. The van der Waals surface area contributed by atoms with Crippen LogP contribution in [0.3, 0.4) is 0 Å². The van der Waals surface area contributed by atoms with Crippen LogP contribution in [-0.4, -0.2) is 28.4 Å². The number of pyridine rings is 1. The van der Waals surface area contributed by atoms with Gasteiger partial charge in [-0.05, 0) is 37.3 Å². The van der Waals surface area contributed by atoms with E-state index in [1.807, 2.05) is 23.2 Å². The van der Waals surface area contributed by atoms with Crippen LogP contribution in [0.25, 0.3) is 0 Å². The lowest BCUT2D eigenvalue weighted by Gasteiger charge is -2.23. The summed E-state index contributed by atoms with van der Waals surface area (Å²) in [7, 11) is 0. The van der Waals surface area contributed by atoms with E-state index in [9.17, 15) is 4.79 Å². The summed E-state index contributed by atoms with van der Waals surface area (Å²) in [6, 6.07) is 4.22. The van der Waals surface area contributed by atoms with Crippen LogP contribution < -0.4 is 0 Å². The maximum absolute atomic E-state index is 11.4. The van der Waals surface area contributed by atoms with Gasteiger partial charge in [0.05, 0.1) is 0 Å². The van der Waals surface area contributed by atoms with E-state index in [4.69, 9.17) is 11.6 Å². The van der Waals surface area contributed by atoms with Crippen LogP contribution in [0.4, 0.5) is 0 Å². The van der Waals surface area contributed by atoms with Crippen molar-refractivity contribution in [2.75, 3.05) is 6.54 Å². The molecule has 0 bridgehead atoms. The third kappa shape index (κ3) is 3.19. The van der Waals surface area contributed by atoms with E-state index in [0.717, 1.165) is 32.2 Å². The van der Waals surface area contributed by atoms with E-state index in [1.165, 1.54) is 5.56 Å². The van der Waals surface area contributed by atoms with Crippen LogP contribution in [0.15, 0.2) is 18.3 Å². The van der Waals surface area contributed by atoms with Gasteiger partial charge in [0, 0.05) is 25.7 Å². The summed E-state index contributed by atoms with van der Waals surface area (Å²) in [5, 5.41) is 0.528. The number of nitrogens with zero attached hydrogens (tertiary/aromatic N) is 2. The van der Waals surface area contributed by atoms with Crippen molar-refractivity contribution >= 4 is 17.5 Å². The molecule has 92 valence electrons. The normalized spacial score (nSPS) is 19.6. The molecule has 0 aliphatic carbocycles. The van der Waals surface area contributed by atoms with Crippen molar-refractivity contribution in [3.8, 4) is 0 Å². The molecule has 1 aliphatic rings. The fourth-order valence-corrected chi connectivity index (χ4v) is 2.55. The van der Waals surface area contributed by atoms with Crippen LogP contribution in [-0.2, 0) is 11.2 Å². The van der Waals surface area contributed by atoms with Gasteiger partial charge in [0.15, 0.2) is 0 Å². The van der Waals surface area contributed by atoms with Crippen LogP contribution in [0.5, 0.6) is 0 Å². The molecular weight excluding hydrogens is 236 g/mol. The third-order valence-corrected chi connectivity index (χ3v) is 3.56. The van der Waals surface area contributed by atoms with Gasteiger partial charge in [-0.15, -0.1) is 0 Å². The number of aromatic nitrogens is 1. The Morgan fingerprint density at radius 1 is 1.59 bits per heavy atom. The molecule has 1 fully saturated rings. The summed E-state index contributed by atoms with van der Waals surface area (Å²) in [6.45, 7) is 2.57. The highest BCUT2D eigenvalue weighted by molar-refractivity contribution is 6.29. The first-order valence-electron chi connectivity index (χ1n) is 6.04. The van der Waals surface area contributed by atoms with Gasteiger partial charge in [-0.25, -0.2) is 4.98 Å². The number of likely N-dealkylation sites (tertiary alicyclic amines) is 1. The highest BCUT2D eigenvalue weighted by Gasteiger charge is 2.25. The van der Waals surface area contributed by atoms with E-state index in [-0.39, 0.29) is 5.91 Å². The Labute approximate surface area is 107 Å². The van der Waals surface area contributed by atoms with Gasteiger partial charge in [0.25, 0.3) is 0 Å².